The van der Waals surface area contributed by atoms with Crippen LogP contribution in [0, 0.1) is 0 Å². The molecule has 0 saturated heterocycles. The fraction of sp³-hybridized carbons (Fsp3) is 0.500. The molecule has 0 aromatic carbocycles. The van der Waals surface area contributed by atoms with E-state index in [4.69, 9.17) is 0 Å². The molecule has 2 aromatic heterocycles. The van der Waals surface area contributed by atoms with E-state index in [0.717, 1.165) is 0 Å². The topological polar surface area (TPSA) is 89.7 Å². The first kappa shape index (κ1) is 14.0. The van der Waals surface area contributed by atoms with Crippen molar-refractivity contribution in [3.8, 4) is 0 Å². The second-order valence-corrected chi connectivity index (χ2v) is 4.80. The van der Waals surface area contributed by atoms with Gasteiger partial charge in [-0.15, -0.1) is 10.2 Å². The van der Waals surface area contributed by atoms with Crippen molar-refractivity contribution < 1.29 is 4.79 Å². The first-order chi connectivity index (χ1) is 9.56. The molecular formula is C12H19N7O. The van der Waals surface area contributed by atoms with Crippen molar-refractivity contribution in [2.24, 2.45) is 7.05 Å². The molecule has 2 atom stereocenters. The highest BCUT2D eigenvalue weighted by molar-refractivity contribution is 5.74. The number of urea groups is 1. The Kier molecular flexibility index (Phi) is 4.34. The van der Waals surface area contributed by atoms with Crippen LogP contribution in [-0.4, -0.2) is 36.4 Å². The maximum atomic E-state index is 11.9. The summed E-state index contributed by atoms with van der Waals surface area (Å²) >= 11 is 0. The van der Waals surface area contributed by atoms with Crippen LogP contribution in [0.15, 0.2) is 25.0 Å². The minimum absolute atomic E-state index is 0.00380. The summed E-state index contributed by atoms with van der Waals surface area (Å²) in [6, 6.07) is -0.438. The van der Waals surface area contributed by atoms with Crippen molar-refractivity contribution in [2.45, 2.75) is 32.5 Å². The first-order valence-electron chi connectivity index (χ1n) is 6.43. The molecule has 2 amide bonds. The maximum absolute atomic E-state index is 11.9. The summed E-state index contributed by atoms with van der Waals surface area (Å²) in [5, 5.41) is 13.5. The third kappa shape index (κ3) is 3.56. The Morgan fingerprint density at radius 2 is 2.15 bits per heavy atom. The van der Waals surface area contributed by atoms with Gasteiger partial charge in [0.1, 0.15) is 6.33 Å². The number of carbonyl (C=O) groups is 1. The van der Waals surface area contributed by atoms with Gasteiger partial charge in [-0.2, -0.15) is 0 Å². The largest absolute Gasteiger partial charge is 0.335 e. The van der Waals surface area contributed by atoms with Crippen LogP contribution in [0.25, 0.3) is 0 Å². The van der Waals surface area contributed by atoms with E-state index >= 15 is 0 Å². The molecule has 0 fully saturated rings. The van der Waals surface area contributed by atoms with E-state index in [9.17, 15) is 4.79 Å². The normalized spacial score (nSPS) is 13.8. The van der Waals surface area contributed by atoms with E-state index in [0.29, 0.717) is 12.4 Å². The van der Waals surface area contributed by atoms with Gasteiger partial charge in [0, 0.05) is 32.0 Å². The quantitative estimate of drug-likeness (QED) is 0.831. The molecule has 0 radical (unpaired) electrons. The van der Waals surface area contributed by atoms with Crippen molar-refractivity contribution in [3.63, 3.8) is 0 Å². The van der Waals surface area contributed by atoms with Crippen LogP contribution < -0.4 is 10.6 Å². The Morgan fingerprint density at radius 3 is 2.75 bits per heavy atom. The molecule has 0 saturated carbocycles. The zero-order valence-corrected chi connectivity index (χ0v) is 11.8. The second-order valence-electron chi connectivity index (χ2n) is 4.80. The minimum atomic E-state index is -0.229. The van der Waals surface area contributed by atoms with Crippen molar-refractivity contribution >= 4 is 6.03 Å². The van der Waals surface area contributed by atoms with Crippen LogP contribution in [0.4, 0.5) is 4.79 Å². The number of aryl methyl sites for hydroxylation is 1. The van der Waals surface area contributed by atoms with Crippen molar-refractivity contribution in [3.05, 3.63) is 30.9 Å². The first-order valence-corrected chi connectivity index (χ1v) is 6.43. The molecule has 0 spiro atoms. The third-order valence-electron chi connectivity index (χ3n) is 2.90. The number of nitrogens with one attached hydrogen (secondary N) is 2. The summed E-state index contributed by atoms with van der Waals surface area (Å²) in [7, 11) is 1.84. The molecule has 8 heteroatoms. The molecule has 0 bridgehead atoms. The van der Waals surface area contributed by atoms with Gasteiger partial charge in [0.05, 0.1) is 12.4 Å². The number of amides is 2. The number of aromatic nitrogens is 5. The van der Waals surface area contributed by atoms with Crippen molar-refractivity contribution in [2.75, 3.05) is 0 Å². The lowest BCUT2D eigenvalue weighted by molar-refractivity contribution is 0.233. The second kappa shape index (κ2) is 6.18. The molecule has 2 heterocycles. The van der Waals surface area contributed by atoms with Crippen LogP contribution in [-0.2, 0) is 13.6 Å². The molecule has 0 aliphatic carbocycles. The van der Waals surface area contributed by atoms with E-state index in [1.165, 1.54) is 0 Å². The highest BCUT2D eigenvalue weighted by Gasteiger charge is 2.15. The van der Waals surface area contributed by atoms with Crippen LogP contribution in [0.5, 0.6) is 0 Å². The fourth-order valence-corrected chi connectivity index (χ4v) is 1.97. The van der Waals surface area contributed by atoms with Gasteiger partial charge < -0.3 is 19.8 Å². The Bertz CT molecular complexity index is 548. The summed E-state index contributed by atoms with van der Waals surface area (Å²) in [5.41, 5.74) is 0. The van der Waals surface area contributed by atoms with Gasteiger partial charge in [0.25, 0.3) is 0 Å². The lowest BCUT2D eigenvalue weighted by Gasteiger charge is -2.18. The molecule has 0 aliphatic rings. The molecular weight excluding hydrogens is 258 g/mol. The van der Waals surface area contributed by atoms with Gasteiger partial charge in [-0.25, -0.2) is 9.78 Å². The monoisotopic (exact) mass is 277 g/mol. The summed E-state index contributed by atoms with van der Waals surface area (Å²) in [6.45, 7) is 4.47. The van der Waals surface area contributed by atoms with Crippen LogP contribution in [0.3, 0.4) is 0 Å². The SMILES string of the molecule is C[C@H](Cn1ccnc1)NC(=O)N[C@H](C)c1nncn1C. The smallest absolute Gasteiger partial charge is 0.315 e. The van der Waals surface area contributed by atoms with Gasteiger partial charge in [-0.05, 0) is 13.8 Å². The molecule has 2 rings (SSSR count). The van der Waals surface area contributed by atoms with Gasteiger partial charge in [0.15, 0.2) is 5.82 Å². The molecule has 2 aromatic rings. The lowest BCUT2D eigenvalue weighted by Crippen LogP contribution is -2.43. The highest BCUT2D eigenvalue weighted by Crippen LogP contribution is 2.06. The average molecular weight is 277 g/mol. The molecule has 20 heavy (non-hydrogen) atoms. The van der Waals surface area contributed by atoms with E-state index in [1.807, 2.05) is 31.7 Å². The van der Waals surface area contributed by atoms with Crippen LogP contribution in [0.1, 0.15) is 25.7 Å². The maximum Gasteiger partial charge on any atom is 0.315 e. The van der Waals surface area contributed by atoms with Crippen LogP contribution in [0.2, 0.25) is 0 Å². The third-order valence-corrected chi connectivity index (χ3v) is 2.90. The molecule has 108 valence electrons. The Balaban J connectivity index is 1.81. The number of carbonyl (C=O) groups excluding carboxylic acids is 1. The number of imidazole rings is 1. The Morgan fingerprint density at radius 1 is 1.35 bits per heavy atom. The van der Waals surface area contributed by atoms with Gasteiger partial charge in [-0.1, -0.05) is 0 Å². The van der Waals surface area contributed by atoms with Crippen LogP contribution >= 0.6 is 0 Å². The summed E-state index contributed by atoms with van der Waals surface area (Å²) in [4.78, 5) is 15.9. The average Bonchev–Trinajstić information content (AvgIpc) is 2.99. The standard InChI is InChI=1S/C12H19N7O/c1-9(6-19-5-4-13-7-19)15-12(20)16-10(2)11-17-14-8-18(11)3/h4-5,7-10H,6H2,1-3H3,(H2,15,16,20)/t9-,10-/m1/s1. The van der Waals surface area contributed by atoms with E-state index in [-0.39, 0.29) is 18.1 Å². The summed E-state index contributed by atoms with van der Waals surface area (Å²) in [6.07, 6.45) is 6.90. The Hall–Kier alpha value is -2.38. The molecule has 0 aliphatic heterocycles. The predicted octanol–water partition coefficient (Wildman–Crippen LogP) is 0.460. The van der Waals surface area contributed by atoms with E-state index in [2.05, 4.69) is 25.8 Å². The number of hydrogen-bond donors (Lipinski definition) is 2. The minimum Gasteiger partial charge on any atom is -0.335 e. The molecule has 8 nitrogen and oxygen atoms in total. The zero-order valence-electron chi connectivity index (χ0n) is 11.8. The van der Waals surface area contributed by atoms with Gasteiger partial charge in [0.2, 0.25) is 0 Å². The Labute approximate surface area is 117 Å². The summed E-state index contributed by atoms with van der Waals surface area (Å²) < 4.78 is 3.69. The van der Waals surface area contributed by atoms with E-state index < -0.39 is 0 Å². The van der Waals surface area contributed by atoms with Crippen molar-refractivity contribution in [1.82, 2.24) is 34.9 Å². The van der Waals surface area contributed by atoms with Gasteiger partial charge >= 0.3 is 6.03 Å². The fourth-order valence-electron chi connectivity index (χ4n) is 1.97. The number of nitrogens with zero attached hydrogens (tertiary/aromatic N) is 5. The van der Waals surface area contributed by atoms with Gasteiger partial charge in [-0.3, -0.25) is 0 Å². The highest BCUT2D eigenvalue weighted by atomic mass is 16.2. The zero-order chi connectivity index (χ0) is 14.5. The summed E-state index contributed by atoms with van der Waals surface area (Å²) in [5.74, 6) is 0.711. The molecule has 0 unspecified atom stereocenters. The molecule has 2 N–H and O–H groups in total. The number of hydrogen-bond acceptors (Lipinski definition) is 4. The van der Waals surface area contributed by atoms with E-state index in [1.54, 1.807) is 23.4 Å². The van der Waals surface area contributed by atoms with Crippen molar-refractivity contribution in [1.29, 1.82) is 0 Å². The number of rotatable bonds is 5. The predicted molar refractivity (Wildman–Crippen MR) is 72.8 cm³/mol. The lowest BCUT2D eigenvalue weighted by atomic mass is 10.3.